The van der Waals surface area contributed by atoms with Crippen molar-refractivity contribution in [2.45, 2.75) is 26.8 Å². The Morgan fingerprint density at radius 3 is 2.10 bits per heavy atom. The fourth-order valence-corrected chi connectivity index (χ4v) is 3.50. The van der Waals surface area contributed by atoms with Gasteiger partial charge in [0, 0.05) is 0 Å². The number of hydrogen-bond acceptors (Lipinski definition) is 3. The van der Waals surface area contributed by atoms with Crippen molar-refractivity contribution in [1.82, 2.24) is 10.2 Å². The third-order valence-electron chi connectivity index (χ3n) is 4.62. The Morgan fingerprint density at radius 1 is 1.00 bits per heavy atom. The summed E-state index contributed by atoms with van der Waals surface area (Å²) in [5.74, 6) is -0.753. The first-order valence-corrected chi connectivity index (χ1v) is 10.5. The molecule has 1 unspecified atom stereocenters. The Kier molecular flexibility index (Phi) is 9.08. The third kappa shape index (κ3) is 6.97. The largest absolute Gasteiger partial charge is 0.348 e. The molecule has 0 fully saturated rings. The number of carbonyl (C=O) groups excluding carboxylic acids is 2. The van der Waals surface area contributed by atoms with Crippen LogP contribution in [0.25, 0.3) is 0 Å². The standard InChI is InChI=1S/C22H26Cl2FN3O2/c1-4-28(13-20(30)27-22-17(23)6-5-7-18(22)24)12-19(29)26-21(14(2)3)15-8-10-16(25)11-9-15/h5-11,14,21H,4,12-13H2,1-3H3,(H,26,29)(H,27,30). The number of hydrogen-bond donors (Lipinski definition) is 2. The maximum atomic E-state index is 13.2. The van der Waals surface area contributed by atoms with Gasteiger partial charge in [-0.3, -0.25) is 14.5 Å². The van der Waals surface area contributed by atoms with Crippen LogP contribution >= 0.6 is 23.2 Å². The van der Waals surface area contributed by atoms with E-state index in [-0.39, 0.29) is 42.7 Å². The van der Waals surface area contributed by atoms with Crippen molar-refractivity contribution in [2.75, 3.05) is 25.0 Å². The van der Waals surface area contributed by atoms with Gasteiger partial charge in [0.1, 0.15) is 5.82 Å². The maximum Gasteiger partial charge on any atom is 0.238 e. The predicted molar refractivity (Wildman–Crippen MR) is 119 cm³/mol. The van der Waals surface area contributed by atoms with Crippen LogP contribution in [0.5, 0.6) is 0 Å². The number of halogens is 3. The average molecular weight is 454 g/mol. The van der Waals surface area contributed by atoms with E-state index < -0.39 is 0 Å². The second kappa shape index (κ2) is 11.3. The van der Waals surface area contributed by atoms with E-state index >= 15 is 0 Å². The average Bonchev–Trinajstić information content (AvgIpc) is 2.69. The van der Waals surface area contributed by atoms with Gasteiger partial charge in [-0.1, -0.05) is 62.2 Å². The van der Waals surface area contributed by atoms with Gasteiger partial charge in [0.2, 0.25) is 11.8 Å². The smallest absolute Gasteiger partial charge is 0.238 e. The highest BCUT2D eigenvalue weighted by atomic mass is 35.5. The van der Waals surface area contributed by atoms with Crippen molar-refractivity contribution in [3.8, 4) is 0 Å². The lowest BCUT2D eigenvalue weighted by molar-refractivity contribution is -0.124. The number of amides is 2. The molecular weight excluding hydrogens is 428 g/mol. The first-order chi connectivity index (χ1) is 14.2. The second-order valence-electron chi connectivity index (χ2n) is 7.29. The summed E-state index contributed by atoms with van der Waals surface area (Å²) in [5.41, 5.74) is 1.18. The molecule has 2 aromatic carbocycles. The number of likely N-dealkylation sites (N-methyl/N-ethyl adjacent to an activating group) is 1. The van der Waals surface area contributed by atoms with Crippen LogP contribution in [0, 0.1) is 11.7 Å². The highest BCUT2D eigenvalue weighted by molar-refractivity contribution is 6.39. The van der Waals surface area contributed by atoms with Crippen LogP contribution in [-0.4, -0.2) is 36.3 Å². The van der Waals surface area contributed by atoms with Crippen molar-refractivity contribution in [2.24, 2.45) is 5.92 Å². The van der Waals surface area contributed by atoms with Gasteiger partial charge >= 0.3 is 0 Å². The molecule has 0 spiro atoms. The van der Waals surface area contributed by atoms with Crippen LogP contribution in [0.1, 0.15) is 32.4 Å². The Hall–Kier alpha value is -2.15. The van der Waals surface area contributed by atoms with Gasteiger partial charge in [0.25, 0.3) is 0 Å². The second-order valence-corrected chi connectivity index (χ2v) is 8.10. The number of rotatable bonds is 9. The molecule has 0 heterocycles. The number of nitrogens with one attached hydrogen (secondary N) is 2. The van der Waals surface area contributed by atoms with E-state index in [1.54, 1.807) is 35.2 Å². The minimum Gasteiger partial charge on any atom is -0.348 e. The van der Waals surface area contributed by atoms with Gasteiger partial charge in [-0.25, -0.2) is 4.39 Å². The van der Waals surface area contributed by atoms with Crippen molar-refractivity contribution in [3.63, 3.8) is 0 Å². The number of anilines is 1. The fraction of sp³-hybridized carbons (Fsp3) is 0.364. The summed E-state index contributed by atoms with van der Waals surface area (Å²) in [4.78, 5) is 26.7. The summed E-state index contributed by atoms with van der Waals surface area (Å²) in [6, 6.07) is 10.8. The molecule has 0 bridgehead atoms. The zero-order valence-corrected chi connectivity index (χ0v) is 18.7. The van der Waals surface area contributed by atoms with Crippen LogP contribution < -0.4 is 10.6 Å². The van der Waals surface area contributed by atoms with E-state index in [1.807, 2.05) is 20.8 Å². The van der Waals surface area contributed by atoms with Crippen LogP contribution in [0.3, 0.4) is 0 Å². The SMILES string of the molecule is CCN(CC(=O)Nc1c(Cl)cccc1Cl)CC(=O)NC(c1ccc(F)cc1)C(C)C. The molecule has 2 amide bonds. The van der Waals surface area contributed by atoms with E-state index in [2.05, 4.69) is 10.6 Å². The van der Waals surface area contributed by atoms with E-state index in [0.29, 0.717) is 22.3 Å². The van der Waals surface area contributed by atoms with Gasteiger partial charge in [-0.2, -0.15) is 0 Å². The molecule has 0 aliphatic carbocycles. The molecule has 1 atom stereocenters. The molecule has 0 aliphatic rings. The lowest BCUT2D eigenvalue weighted by atomic mass is 9.96. The van der Waals surface area contributed by atoms with Crippen molar-refractivity contribution in [3.05, 3.63) is 63.9 Å². The van der Waals surface area contributed by atoms with Crippen molar-refractivity contribution >= 4 is 40.7 Å². The third-order valence-corrected chi connectivity index (χ3v) is 5.25. The number of carbonyl (C=O) groups is 2. The minimum atomic E-state index is -0.325. The predicted octanol–water partition coefficient (Wildman–Crippen LogP) is 4.91. The molecule has 0 saturated heterocycles. The lowest BCUT2D eigenvalue weighted by Gasteiger charge is -2.25. The normalized spacial score (nSPS) is 12.1. The molecule has 2 N–H and O–H groups in total. The van der Waals surface area contributed by atoms with Gasteiger partial charge < -0.3 is 10.6 Å². The molecule has 162 valence electrons. The monoisotopic (exact) mass is 453 g/mol. The van der Waals surface area contributed by atoms with Gasteiger partial charge in [0.05, 0.1) is 34.9 Å². The molecule has 2 aromatic rings. The Labute approximate surface area is 186 Å². The first-order valence-electron chi connectivity index (χ1n) is 9.72. The van der Waals surface area contributed by atoms with E-state index in [4.69, 9.17) is 23.2 Å². The summed E-state index contributed by atoms with van der Waals surface area (Å²) in [5, 5.41) is 6.36. The minimum absolute atomic E-state index is 0.00830. The van der Waals surface area contributed by atoms with Gasteiger partial charge in [-0.15, -0.1) is 0 Å². The zero-order chi connectivity index (χ0) is 22.3. The number of benzene rings is 2. The summed E-state index contributed by atoms with van der Waals surface area (Å²) in [7, 11) is 0. The Balaban J connectivity index is 1.97. The van der Waals surface area contributed by atoms with Crippen molar-refractivity contribution in [1.29, 1.82) is 0 Å². The lowest BCUT2D eigenvalue weighted by Crippen LogP contribution is -2.43. The topological polar surface area (TPSA) is 61.4 Å². The van der Waals surface area contributed by atoms with Crippen LogP contribution in [0.15, 0.2) is 42.5 Å². The van der Waals surface area contributed by atoms with Crippen LogP contribution in [0.4, 0.5) is 10.1 Å². The molecule has 0 saturated carbocycles. The molecule has 2 rings (SSSR count). The van der Waals surface area contributed by atoms with Crippen molar-refractivity contribution < 1.29 is 14.0 Å². The molecule has 8 heteroatoms. The Bertz CT molecular complexity index is 855. The Morgan fingerprint density at radius 2 is 1.57 bits per heavy atom. The maximum absolute atomic E-state index is 13.2. The van der Waals surface area contributed by atoms with Crippen LogP contribution in [-0.2, 0) is 9.59 Å². The first kappa shape index (κ1) is 24.1. The quantitative estimate of drug-likeness (QED) is 0.566. The summed E-state index contributed by atoms with van der Waals surface area (Å²) in [6.07, 6.45) is 0. The molecule has 0 radical (unpaired) electrons. The van der Waals surface area contributed by atoms with E-state index in [1.165, 1.54) is 12.1 Å². The highest BCUT2D eigenvalue weighted by Crippen LogP contribution is 2.29. The number of nitrogens with zero attached hydrogens (tertiary/aromatic N) is 1. The molecule has 5 nitrogen and oxygen atoms in total. The van der Waals surface area contributed by atoms with Crippen LogP contribution in [0.2, 0.25) is 10.0 Å². The summed E-state index contributed by atoms with van der Waals surface area (Å²) in [6.45, 7) is 6.38. The summed E-state index contributed by atoms with van der Waals surface area (Å²) < 4.78 is 13.2. The molecule has 0 aliphatic heterocycles. The molecule has 30 heavy (non-hydrogen) atoms. The fourth-order valence-electron chi connectivity index (χ4n) is 3.01. The molecular formula is C22H26Cl2FN3O2. The zero-order valence-electron chi connectivity index (χ0n) is 17.2. The van der Waals surface area contributed by atoms with Gasteiger partial charge in [0.15, 0.2) is 0 Å². The van der Waals surface area contributed by atoms with E-state index in [0.717, 1.165) is 5.56 Å². The highest BCUT2D eigenvalue weighted by Gasteiger charge is 2.21. The summed E-state index contributed by atoms with van der Waals surface area (Å²) >= 11 is 12.2. The van der Waals surface area contributed by atoms with Gasteiger partial charge in [-0.05, 0) is 42.3 Å². The van der Waals surface area contributed by atoms with E-state index in [9.17, 15) is 14.0 Å². The number of para-hydroxylation sites is 1. The molecule has 0 aromatic heterocycles.